The molecule has 5 rings (SSSR count). The Morgan fingerprint density at radius 3 is 2.85 bits per heavy atom. The number of ether oxygens (including phenoxy) is 1. The van der Waals surface area contributed by atoms with E-state index in [1.807, 2.05) is 12.1 Å². The van der Waals surface area contributed by atoms with Crippen molar-refractivity contribution in [1.29, 1.82) is 5.26 Å². The van der Waals surface area contributed by atoms with Crippen LogP contribution in [0.15, 0.2) is 48.7 Å². The van der Waals surface area contributed by atoms with Gasteiger partial charge in [-0.1, -0.05) is 6.07 Å². The van der Waals surface area contributed by atoms with Crippen molar-refractivity contribution in [2.24, 2.45) is 0 Å². The first-order chi connectivity index (χ1) is 16.0. The molecule has 0 N–H and O–H groups in total. The summed E-state index contributed by atoms with van der Waals surface area (Å²) < 4.78 is 5.98. The second-order valence-corrected chi connectivity index (χ2v) is 9.51. The molecule has 0 spiro atoms. The molecule has 3 aromatic rings. The highest BCUT2D eigenvalue weighted by molar-refractivity contribution is 5.95. The first kappa shape index (κ1) is 21.7. The van der Waals surface area contributed by atoms with Crippen molar-refractivity contribution >= 4 is 16.6 Å². The zero-order chi connectivity index (χ0) is 22.9. The largest absolute Gasteiger partial charge is 0.492 e. The second kappa shape index (κ2) is 9.01. The Morgan fingerprint density at radius 2 is 2.03 bits per heavy atom. The normalized spacial score (nSPS) is 20.4. The van der Waals surface area contributed by atoms with Gasteiger partial charge in [-0.2, -0.15) is 5.26 Å². The van der Waals surface area contributed by atoms with Gasteiger partial charge in [0, 0.05) is 55.5 Å². The van der Waals surface area contributed by atoms with Crippen molar-refractivity contribution in [3.8, 4) is 11.8 Å². The zero-order valence-electron chi connectivity index (χ0n) is 19.7. The fourth-order valence-electron chi connectivity index (χ4n) is 5.24. The fraction of sp³-hybridized carbons (Fsp3) is 0.407. The van der Waals surface area contributed by atoms with Crippen molar-refractivity contribution in [2.45, 2.75) is 32.0 Å². The molecule has 0 radical (unpaired) electrons. The molecule has 3 heterocycles. The van der Waals surface area contributed by atoms with Crippen LogP contribution in [0.2, 0.25) is 0 Å². The maximum atomic E-state index is 9.50. The Balaban J connectivity index is 1.37. The summed E-state index contributed by atoms with van der Waals surface area (Å²) >= 11 is 0. The molecule has 0 bridgehead atoms. The second-order valence-electron chi connectivity index (χ2n) is 9.51. The third-order valence-corrected chi connectivity index (χ3v) is 6.95. The van der Waals surface area contributed by atoms with E-state index in [1.54, 1.807) is 6.20 Å². The van der Waals surface area contributed by atoms with E-state index in [-0.39, 0.29) is 0 Å². The van der Waals surface area contributed by atoms with Crippen LogP contribution in [0.4, 0.5) is 5.69 Å². The molecule has 33 heavy (non-hydrogen) atoms. The third kappa shape index (κ3) is 4.27. The number of nitrogens with zero attached hydrogens (tertiary/aromatic N) is 5. The molecule has 2 unspecified atom stereocenters. The highest BCUT2D eigenvalue weighted by atomic mass is 16.5. The molecule has 0 saturated carbocycles. The number of nitriles is 1. The molecule has 6 heteroatoms. The van der Waals surface area contributed by atoms with E-state index in [2.05, 4.69) is 77.1 Å². The lowest BCUT2D eigenvalue weighted by Crippen LogP contribution is -2.59. The summed E-state index contributed by atoms with van der Waals surface area (Å²) in [6.07, 6.45) is 2.81. The summed E-state index contributed by atoms with van der Waals surface area (Å²) in [7, 11) is 4.13. The van der Waals surface area contributed by atoms with Crippen LogP contribution in [-0.4, -0.2) is 67.2 Å². The molecule has 0 aliphatic carbocycles. The molecule has 6 nitrogen and oxygen atoms in total. The molecule has 2 atom stereocenters. The number of hydrogen-bond donors (Lipinski definition) is 0. The van der Waals surface area contributed by atoms with Gasteiger partial charge in [-0.15, -0.1) is 0 Å². The fourth-order valence-corrected chi connectivity index (χ4v) is 5.24. The van der Waals surface area contributed by atoms with Gasteiger partial charge >= 0.3 is 0 Å². The Kier molecular flexibility index (Phi) is 5.92. The van der Waals surface area contributed by atoms with Crippen molar-refractivity contribution in [3.05, 3.63) is 65.4 Å². The van der Waals surface area contributed by atoms with Crippen molar-refractivity contribution in [2.75, 3.05) is 45.2 Å². The van der Waals surface area contributed by atoms with Gasteiger partial charge in [0.15, 0.2) is 0 Å². The summed E-state index contributed by atoms with van der Waals surface area (Å²) in [5, 5.41) is 10.6. The van der Waals surface area contributed by atoms with E-state index in [0.29, 0.717) is 24.3 Å². The summed E-state index contributed by atoms with van der Waals surface area (Å²) in [5.74, 6) is 0.969. The average Bonchev–Trinajstić information content (AvgIpc) is 2.82. The summed E-state index contributed by atoms with van der Waals surface area (Å²) in [6.45, 7) is 6.84. The molecule has 1 aromatic heterocycles. The number of aromatic nitrogens is 1. The molecule has 0 amide bonds. The maximum absolute atomic E-state index is 9.50. The van der Waals surface area contributed by atoms with Crippen molar-refractivity contribution in [3.63, 3.8) is 0 Å². The third-order valence-electron chi connectivity index (χ3n) is 6.95. The molecule has 2 aliphatic heterocycles. The van der Waals surface area contributed by atoms with E-state index in [1.165, 1.54) is 16.8 Å². The van der Waals surface area contributed by atoms with Gasteiger partial charge in [-0.05, 0) is 75.0 Å². The lowest BCUT2D eigenvalue weighted by molar-refractivity contribution is 0.101. The molecule has 170 valence electrons. The maximum Gasteiger partial charge on any atom is 0.119 e. The highest BCUT2D eigenvalue weighted by Crippen LogP contribution is 2.35. The number of piperazine rings is 1. The monoisotopic (exact) mass is 441 g/mol. The van der Waals surface area contributed by atoms with Gasteiger partial charge in [0.05, 0.1) is 11.1 Å². The zero-order valence-corrected chi connectivity index (χ0v) is 19.7. The molecular formula is C27H31N5O. The van der Waals surface area contributed by atoms with E-state index in [9.17, 15) is 5.26 Å². The van der Waals surface area contributed by atoms with Crippen LogP contribution in [-0.2, 0) is 13.0 Å². The number of pyridine rings is 1. The smallest absolute Gasteiger partial charge is 0.119 e. The number of fused-ring (bicyclic) bond motifs is 3. The quantitative estimate of drug-likeness (QED) is 0.602. The van der Waals surface area contributed by atoms with Crippen LogP contribution in [0, 0.1) is 11.3 Å². The van der Waals surface area contributed by atoms with Gasteiger partial charge in [0.1, 0.15) is 18.4 Å². The molecule has 2 aliphatic rings. The summed E-state index contributed by atoms with van der Waals surface area (Å²) in [6, 6.07) is 17.8. The van der Waals surface area contributed by atoms with Gasteiger partial charge < -0.3 is 14.5 Å². The lowest BCUT2D eigenvalue weighted by Gasteiger charge is -2.49. The van der Waals surface area contributed by atoms with E-state index in [0.717, 1.165) is 49.3 Å². The molecular weight excluding hydrogens is 410 g/mol. The highest BCUT2D eigenvalue weighted by Gasteiger charge is 2.36. The summed E-state index contributed by atoms with van der Waals surface area (Å²) in [5.41, 5.74) is 5.43. The Morgan fingerprint density at radius 1 is 1.15 bits per heavy atom. The van der Waals surface area contributed by atoms with Crippen molar-refractivity contribution < 1.29 is 4.74 Å². The number of rotatable bonds is 5. The molecule has 2 aromatic carbocycles. The van der Waals surface area contributed by atoms with Crippen LogP contribution in [0.1, 0.15) is 23.6 Å². The average molecular weight is 442 g/mol. The predicted molar refractivity (Wildman–Crippen MR) is 132 cm³/mol. The minimum Gasteiger partial charge on any atom is -0.492 e. The van der Waals surface area contributed by atoms with Crippen LogP contribution >= 0.6 is 0 Å². The Labute approximate surface area is 196 Å². The van der Waals surface area contributed by atoms with Gasteiger partial charge in [0.2, 0.25) is 0 Å². The minimum atomic E-state index is 0.428. The number of benzene rings is 2. The van der Waals surface area contributed by atoms with Crippen LogP contribution in [0.3, 0.4) is 0 Å². The Hall–Kier alpha value is -3.14. The van der Waals surface area contributed by atoms with Gasteiger partial charge in [0.25, 0.3) is 0 Å². The minimum absolute atomic E-state index is 0.428. The van der Waals surface area contributed by atoms with Crippen LogP contribution < -0.4 is 9.64 Å². The van der Waals surface area contributed by atoms with Crippen LogP contribution in [0.5, 0.6) is 5.75 Å². The first-order valence-electron chi connectivity index (χ1n) is 11.7. The number of hydrogen-bond acceptors (Lipinski definition) is 6. The topological polar surface area (TPSA) is 55.6 Å². The van der Waals surface area contributed by atoms with Crippen LogP contribution in [0.25, 0.3) is 10.9 Å². The number of likely N-dealkylation sites (N-methyl/N-ethyl adjacent to an activating group) is 1. The van der Waals surface area contributed by atoms with Crippen molar-refractivity contribution in [1.82, 2.24) is 14.8 Å². The van der Waals surface area contributed by atoms with E-state index in [4.69, 9.17) is 4.74 Å². The lowest BCUT2D eigenvalue weighted by atomic mass is 9.90. The number of anilines is 1. The SMILES string of the molecule is CC1CN(c2ccc(C#N)c3ncccc23)CC2Cc3ccc(OCCN(C)C)cc3CN12. The van der Waals surface area contributed by atoms with E-state index >= 15 is 0 Å². The standard InChI is InChI=1S/C27H31N5O/c1-19-16-31(26-9-7-21(15-28)27-25(26)5-4-10-29-27)18-23-13-20-6-8-24(33-12-11-30(2)3)14-22(20)17-32(19)23/h4-10,14,19,23H,11-13,16-18H2,1-3H3. The molecule has 1 saturated heterocycles. The summed E-state index contributed by atoms with van der Waals surface area (Å²) in [4.78, 5) is 11.8. The predicted octanol–water partition coefficient (Wildman–Crippen LogP) is 3.68. The first-order valence-corrected chi connectivity index (χ1v) is 11.7. The van der Waals surface area contributed by atoms with E-state index < -0.39 is 0 Å². The molecule has 1 fully saturated rings. The van der Waals surface area contributed by atoms with Gasteiger partial charge in [-0.3, -0.25) is 9.88 Å². The van der Waals surface area contributed by atoms with Gasteiger partial charge in [-0.25, -0.2) is 0 Å². The Bertz CT molecular complexity index is 1200.